The lowest BCUT2D eigenvalue weighted by Crippen LogP contribution is -2.20. The Morgan fingerprint density at radius 2 is 1.42 bits per heavy atom. The lowest BCUT2D eigenvalue weighted by atomic mass is 10.0. The van der Waals surface area contributed by atoms with Crippen LogP contribution in [0.15, 0.2) is 89.7 Å². The highest BCUT2D eigenvalue weighted by molar-refractivity contribution is 5.86. The summed E-state index contributed by atoms with van der Waals surface area (Å²) < 4.78 is 1.80. The van der Waals surface area contributed by atoms with E-state index in [-0.39, 0.29) is 5.56 Å². The molecule has 2 nitrogen and oxygen atoms in total. The van der Waals surface area contributed by atoms with E-state index in [1.165, 1.54) is 5.56 Å². The van der Waals surface area contributed by atoms with Crippen molar-refractivity contribution in [3.63, 3.8) is 0 Å². The molecule has 1 aromatic heterocycles. The lowest BCUT2D eigenvalue weighted by Gasteiger charge is -2.14. The Hall–Kier alpha value is -3.13. The van der Waals surface area contributed by atoms with Crippen LogP contribution in [0.4, 0.5) is 0 Å². The summed E-state index contributed by atoms with van der Waals surface area (Å²) in [6.45, 7) is 2.07. The molecule has 1 heterocycles. The van der Waals surface area contributed by atoms with Crippen LogP contribution in [-0.4, -0.2) is 4.57 Å². The fraction of sp³-hybridized carbons (Fsp3) is 0.0455. The summed E-state index contributed by atoms with van der Waals surface area (Å²) in [5.41, 5.74) is 4.65. The quantitative estimate of drug-likeness (QED) is 0.512. The highest BCUT2D eigenvalue weighted by Gasteiger charge is 2.12. The number of nitrogens with zero attached hydrogens (tertiary/aromatic N) is 1. The predicted octanol–water partition coefficient (Wildman–Crippen LogP) is 4.97. The third-order valence-electron chi connectivity index (χ3n) is 4.26. The van der Waals surface area contributed by atoms with Crippen molar-refractivity contribution in [2.24, 2.45) is 0 Å². The minimum absolute atomic E-state index is 0.00348. The Morgan fingerprint density at radius 3 is 2.12 bits per heavy atom. The largest absolute Gasteiger partial charge is 0.276 e. The fourth-order valence-corrected chi connectivity index (χ4v) is 3.10. The molecule has 3 aromatic carbocycles. The van der Waals surface area contributed by atoms with Crippen LogP contribution in [0, 0.1) is 6.92 Å². The van der Waals surface area contributed by atoms with Crippen molar-refractivity contribution in [2.75, 3.05) is 0 Å². The first kappa shape index (κ1) is 14.5. The van der Waals surface area contributed by atoms with E-state index in [1.807, 2.05) is 78.9 Å². The van der Waals surface area contributed by atoms with Gasteiger partial charge in [0.15, 0.2) is 0 Å². The van der Waals surface area contributed by atoms with Crippen molar-refractivity contribution in [1.29, 1.82) is 0 Å². The second-order valence-corrected chi connectivity index (χ2v) is 5.96. The Bertz CT molecular complexity index is 1060. The molecule has 2 heteroatoms. The van der Waals surface area contributed by atoms with Crippen LogP contribution in [0.1, 0.15) is 5.56 Å². The smallest absolute Gasteiger partial charge is 0.263 e. The van der Waals surface area contributed by atoms with Gasteiger partial charge in [-0.3, -0.25) is 9.36 Å². The van der Waals surface area contributed by atoms with Crippen LogP contribution in [0.3, 0.4) is 0 Å². The predicted molar refractivity (Wildman–Crippen MR) is 99.7 cm³/mol. The molecule has 0 bridgehead atoms. The molecule has 24 heavy (non-hydrogen) atoms. The highest BCUT2D eigenvalue weighted by atomic mass is 16.1. The monoisotopic (exact) mass is 311 g/mol. The first-order valence-corrected chi connectivity index (χ1v) is 8.01. The summed E-state index contributed by atoms with van der Waals surface area (Å²) in [7, 11) is 0. The number of aromatic nitrogens is 1. The van der Waals surface area contributed by atoms with Crippen molar-refractivity contribution < 1.29 is 0 Å². The number of fused-ring (bicyclic) bond motifs is 1. The van der Waals surface area contributed by atoms with E-state index in [1.54, 1.807) is 4.57 Å². The maximum atomic E-state index is 13.2. The number of hydrogen-bond acceptors (Lipinski definition) is 1. The molecule has 0 atom stereocenters. The average molecular weight is 311 g/mol. The molecule has 4 rings (SSSR count). The van der Waals surface area contributed by atoms with Gasteiger partial charge in [-0.15, -0.1) is 0 Å². The van der Waals surface area contributed by atoms with Crippen molar-refractivity contribution >= 4 is 10.9 Å². The van der Waals surface area contributed by atoms with E-state index in [2.05, 4.69) is 13.0 Å². The zero-order valence-electron chi connectivity index (χ0n) is 13.4. The normalized spacial score (nSPS) is 10.9. The van der Waals surface area contributed by atoms with Crippen molar-refractivity contribution in [2.45, 2.75) is 6.92 Å². The molecule has 0 aliphatic rings. The van der Waals surface area contributed by atoms with Gasteiger partial charge in [-0.05, 0) is 48.2 Å². The van der Waals surface area contributed by atoms with Gasteiger partial charge in [0.2, 0.25) is 0 Å². The van der Waals surface area contributed by atoms with E-state index in [0.29, 0.717) is 0 Å². The van der Waals surface area contributed by atoms with Gasteiger partial charge >= 0.3 is 0 Å². The number of para-hydroxylation sites is 1. The van der Waals surface area contributed by atoms with E-state index in [4.69, 9.17) is 0 Å². The SMILES string of the molecule is Cc1ccc2c(c1)cc(-c1ccccc1)c(=O)n2-c1ccccc1. The van der Waals surface area contributed by atoms with Crippen LogP contribution in [0.2, 0.25) is 0 Å². The van der Waals surface area contributed by atoms with Gasteiger partial charge in [0.1, 0.15) is 0 Å². The van der Waals surface area contributed by atoms with Crippen molar-refractivity contribution in [1.82, 2.24) is 4.57 Å². The van der Waals surface area contributed by atoms with Crippen molar-refractivity contribution in [3.8, 4) is 16.8 Å². The summed E-state index contributed by atoms with van der Waals surface area (Å²) in [6, 6.07) is 27.8. The van der Waals surface area contributed by atoms with E-state index < -0.39 is 0 Å². The molecular formula is C22H17NO. The molecule has 0 saturated heterocycles. The molecule has 0 N–H and O–H groups in total. The first-order chi connectivity index (χ1) is 11.7. The summed E-state index contributed by atoms with van der Waals surface area (Å²) >= 11 is 0. The topological polar surface area (TPSA) is 22.0 Å². The summed E-state index contributed by atoms with van der Waals surface area (Å²) in [6.07, 6.45) is 0. The molecule has 0 radical (unpaired) electrons. The number of benzene rings is 3. The van der Waals surface area contributed by atoms with Crippen LogP contribution < -0.4 is 5.56 Å². The second-order valence-electron chi connectivity index (χ2n) is 5.96. The van der Waals surface area contributed by atoms with Gasteiger partial charge in [0.25, 0.3) is 5.56 Å². The van der Waals surface area contributed by atoms with Gasteiger partial charge < -0.3 is 0 Å². The Kier molecular flexibility index (Phi) is 3.51. The van der Waals surface area contributed by atoms with Gasteiger partial charge in [0, 0.05) is 11.3 Å². The number of rotatable bonds is 2. The van der Waals surface area contributed by atoms with Gasteiger partial charge in [-0.25, -0.2) is 0 Å². The minimum atomic E-state index is 0.00348. The second kappa shape index (κ2) is 5.82. The Labute approximate surface area is 140 Å². The molecule has 4 aromatic rings. The molecule has 0 saturated carbocycles. The summed E-state index contributed by atoms with van der Waals surface area (Å²) in [5.74, 6) is 0. The fourth-order valence-electron chi connectivity index (χ4n) is 3.10. The van der Waals surface area contributed by atoms with Crippen molar-refractivity contribution in [3.05, 3.63) is 101 Å². The number of aryl methyl sites for hydroxylation is 1. The van der Waals surface area contributed by atoms with E-state index in [9.17, 15) is 4.79 Å². The lowest BCUT2D eigenvalue weighted by molar-refractivity contribution is 1.05. The van der Waals surface area contributed by atoms with Gasteiger partial charge in [-0.1, -0.05) is 60.2 Å². The Balaban J connectivity index is 2.13. The molecular weight excluding hydrogens is 294 g/mol. The zero-order chi connectivity index (χ0) is 16.5. The van der Waals surface area contributed by atoms with Gasteiger partial charge in [0.05, 0.1) is 5.52 Å². The summed E-state index contributed by atoms with van der Waals surface area (Å²) in [4.78, 5) is 13.2. The minimum Gasteiger partial charge on any atom is -0.276 e. The molecule has 0 aliphatic heterocycles. The highest BCUT2D eigenvalue weighted by Crippen LogP contribution is 2.24. The summed E-state index contributed by atoms with van der Waals surface area (Å²) in [5, 5.41) is 1.07. The standard InChI is InChI=1S/C22H17NO/c1-16-12-13-21-18(14-16)15-20(17-8-4-2-5-9-17)22(24)23(21)19-10-6-3-7-11-19/h2-15H,1H3. The molecule has 0 amide bonds. The molecule has 0 spiro atoms. The van der Waals surface area contributed by atoms with Crippen LogP contribution >= 0.6 is 0 Å². The number of hydrogen-bond donors (Lipinski definition) is 0. The first-order valence-electron chi connectivity index (χ1n) is 8.01. The van der Waals surface area contributed by atoms with E-state index in [0.717, 1.165) is 27.7 Å². The van der Waals surface area contributed by atoms with Crippen LogP contribution in [0.25, 0.3) is 27.7 Å². The maximum absolute atomic E-state index is 13.2. The third kappa shape index (κ3) is 2.42. The molecule has 0 unspecified atom stereocenters. The zero-order valence-corrected chi connectivity index (χ0v) is 13.4. The van der Waals surface area contributed by atoms with Crippen LogP contribution in [0.5, 0.6) is 0 Å². The van der Waals surface area contributed by atoms with Gasteiger partial charge in [-0.2, -0.15) is 0 Å². The average Bonchev–Trinajstić information content (AvgIpc) is 2.63. The number of pyridine rings is 1. The van der Waals surface area contributed by atoms with Crippen LogP contribution in [-0.2, 0) is 0 Å². The molecule has 0 fully saturated rings. The maximum Gasteiger partial charge on any atom is 0.263 e. The molecule has 0 aliphatic carbocycles. The van der Waals surface area contributed by atoms with E-state index >= 15 is 0 Å². The molecule has 116 valence electrons. The Morgan fingerprint density at radius 1 is 0.750 bits per heavy atom. The third-order valence-corrected chi connectivity index (χ3v) is 4.26.